The van der Waals surface area contributed by atoms with E-state index in [0.717, 1.165) is 0 Å². The number of anilines is 1. The summed E-state index contributed by atoms with van der Waals surface area (Å²) in [5.41, 5.74) is 0.836. The number of benzene rings is 1. The Morgan fingerprint density at radius 2 is 2.00 bits per heavy atom. The van der Waals surface area contributed by atoms with Crippen LogP contribution in [-0.4, -0.2) is 60.3 Å². The molecular formula is C19H25N3O5. The maximum Gasteiger partial charge on any atom is 0.410 e. The molecule has 0 saturated carbocycles. The standard InChI is InChI=1S/C19H25N3O5/c1-12-11-21(18(24)27-19(2,3)4)9-10-22(12)17-20-15-13(16(23)25-5)7-6-8-14(15)26-17/h6-8,12H,9-11H2,1-5H3. The van der Waals surface area contributed by atoms with Gasteiger partial charge in [-0.25, -0.2) is 9.59 Å². The lowest BCUT2D eigenvalue weighted by Crippen LogP contribution is -2.54. The number of rotatable bonds is 2. The highest BCUT2D eigenvalue weighted by Gasteiger charge is 2.32. The molecule has 0 bridgehead atoms. The molecule has 8 heteroatoms. The van der Waals surface area contributed by atoms with Crippen LogP contribution in [0.4, 0.5) is 10.8 Å². The van der Waals surface area contributed by atoms with Crippen LogP contribution >= 0.6 is 0 Å². The summed E-state index contributed by atoms with van der Waals surface area (Å²) in [5.74, 6) is -0.455. The van der Waals surface area contributed by atoms with Crippen LogP contribution in [0.25, 0.3) is 11.1 Å². The number of oxazole rings is 1. The average molecular weight is 375 g/mol. The van der Waals surface area contributed by atoms with E-state index >= 15 is 0 Å². The van der Waals surface area contributed by atoms with Crippen molar-refractivity contribution in [2.24, 2.45) is 0 Å². The van der Waals surface area contributed by atoms with E-state index in [9.17, 15) is 9.59 Å². The summed E-state index contributed by atoms with van der Waals surface area (Å²) in [6, 6.07) is 5.57. The van der Waals surface area contributed by atoms with Gasteiger partial charge in [0.2, 0.25) is 0 Å². The minimum atomic E-state index is -0.526. The molecule has 0 aliphatic carbocycles. The number of aromatic nitrogens is 1. The van der Waals surface area contributed by atoms with Gasteiger partial charge in [0.1, 0.15) is 11.1 Å². The number of amides is 1. The van der Waals surface area contributed by atoms with E-state index in [-0.39, 0.29) is 12.1 Å². The fraction of sp³-hybridized carbons (Fsp3) is 0.526. The smallest absolute Gasteiger partial charge is 0.410 e. The van der Waals surface area contributed by atoms with Crippen molar-refractivity contribution < 1.29 is 23.5 Å². The summed E-state index contributed by atoms with van der Waals surface area (Å²) < 4.78 is 16.1. The van der Waals surface area contributed by atoms with Gasteiger partial charge < -0.3 is 23.7 Å². The van der Waals surface area contributed by atoms with Crippen LogP contribution in [0.3, 0.4) is 0 Å². The molecule has 1 amide bonds. The second kappa shape index (κ2) is 7.09. The fourth-order valence-electron chi connectivity index (χ4n) is 3.07. The summed E-state index contributed by atoms with van der Waals surface area (Å²) >= 11 is 0. The van der Waals surface area contributed by atoms with E-state index in [2.05, 4.69) is 4.98 Å². The maximum absolute atomic E-state index is 12.3. The molecule has 3 rings (SSSR count). The highest BCUT2D eigenvalue weighted by atomic mass is 16.6. The molecule has 1 saturated heterocycles. The predicted octanol–water partition coefficient (Wildman–Crippen LogP) is 3.06. The van der Waals surface area contributed by atoms with Crippen molar-refractivity contribution >= 4 is 29.2 Å². The van der Waals surface area contributed by atoms with E-state index in [4.69, 9.17) is 13.9 Å². The molecular weight excluding hydrogens is 350 g/mol. The summed E-state index contributed by atoms with van der Waals surface area (Å²) in [5, 5.41) is 0. The Labute approximate surface area is 158 Å². The van der Waals surface area contributed by atoms with Gasteiger partial charge in [-0.2, -0.15) is 4.98 Å². The molecule has 1 aliphatic rings. The molecule has 1 aromatic carbocycles. The first-order chi connectivity index (χ1) is 12.7. The lowest BCUT2D eigenvalue weighted by atomic mass is 10.2. The Morgan fingerprint density at radius 3 is 2.63 bits per heavy atom. The predicted molar refractivity (Wildman–Crippen MR) is 100.0 cm³/mol. The average Bonchev–Trinajstić information content (AvgIpc) is 3.03. The summed E-state index contributed by atoms with van der Waals surface area (Å²) in [7, 11) is 1.33. The number of nitrogens with zero attached hydrogens (tertiary/aromatic N) is 3. The minimum absolute atomic E-state index is 0.0130. The van der Waals surface area contributed by atoms with Gasteiger partial charge in [-0.3, -0.25) is 0 Å². The molecule has 2 heterocycles. The van der Waals surface area contributed by atoms with Crippen molar-refractivity contribution in [2.45, 2.75) is 39.3 Å². The summed E-state index contributed by atoms with van der Waals surface area (Å²) in [6.45, 7) is 9.10. The molecule has 0 radical (unpaired) electrons. The lowest BCUT2D eigenvalue weighted by molar-refractivity contribution is 0.0216. The van der Waals surface area contributed by atoms with Crippen molar-refractivity contribution in [2.75, 3.05) is 31.6 Å². The topological polar surface area (TPSA) is 85.1 Å². The number of hydrogen-bond donors (Lipinski definition) is 0. The Bertz CT molecular complexity index is 855. The van der Waals surface area contributed by atoms with Crippen LogP contribution in [0, 0.1) is 0 Å². The molecule has 0 spiro atoms. The number of piperazine rings is 1. The van der Waals surface area contributed by atoms with E-state index in [1.54, 1.807) is 23.1 Å². The third-order valence-electron chi connectivity index (χ3n) is 4.34. The van der Waals surface area contributed by atoms with Gasteiger partial charge in [0.15, 0.2) is 5.58 Å². The van der Waals surface area contributed by atoms with Crippen molar-refractivity contribution in [3.8, 4) is 0 Å². The van der Waals surface area contributed by atoms with Gasteiger partial charge in [0, 0.05) is 25.7 Å². The van der Waals surface area contributed by atoms with Gasteiger partial charge in [-0.15, -0.1) is 0 Å². The number of methoxy groups -OCH3 is 1. The first kappa shape index (κ1) is 19.0. The van der Waals surface area contributed by atoms with Crippen LogP contribution in [0.5, 0.6) is 0 Å². The molecule has 146 valence electrons. The second-order valence-corrected chi connectivity index (χ2v) is 7.61. The van der Waals surface area contributed by atoms with Gasteiger partial charge >= 0.3 is 12.1 Å². The molecule has 1 unspecified atom stereocenters. The number of esters is 1. The minimum Gasteiger partial charge on any atom is -0.465 e. The third-order valence-corrected chi connectivity index (χ3v) is 4.34. The quantitative estimate of drug-likeness (QED) is 0.746. The van der Waals surface area contributed by atoms with Gasteiger partial charge in [-0.1, -0.05) is 6.07 Å². The van der Waals surface area contributed by atoms with Gasteiger partial charge in [-0.05, 0) is 39.8 Å². The monoisotopic (exact) mass is 375 g/mol. The molecule has 1 atom stereocenters. The zero-order chi connectivity index (χ0) is 19.8. The van der Waals surface area contributed by atoms with Gasteiger partial charge in [0.25, 0.3) is 6.01 Å². The first-order valence-corrected chi connectivity index (χ1v) is 8.92. The molecule has 27 heavy (non-hydrogen) atoms. The van der Waals surface area contributed by atoms with Crippen LogP contribution in [-0.2, 0) is 9.47 Å². The van der Waals surface area contributed by atoms with Crippen LogP contribution in [0.15, 0.2) is 22.6 Å². The lowest BCUT2D eigenvalue weighted by Gasteiger charge is -2.39. The van der Waals surface area contributed by atoms with Crippen LogP contribution in [0.1, 0.15) is 38.1 Å². The van der Waals surface area contributed by atoms with E-state index in [0.29, 0.717) is 42.3 Å². The molecule has 1 fully saturated rings. The number of para-hydroxylation sites is 1. The second-order valence-electron chi connectivity index (χ2n) is 7.61. The SMILES string of the molecule is COC(=O)c1cccc2oc(N3CCN(C(=O)OC(C)(C)C)CC3C)nc12. The number of carbonyl (C=O) groups is 2. The Morgan fingerprint density at radius 1 is 1.26 bits per heavy atom. The number of ether oxygens (including phenoxy) is 2. The van der Waals surface area contributed by atoms with E-state index in [1.807, 2.05) is 32.6 Å². The van der Waals surface area contributed by atoms with Gasteiger partial charge in [0.05, 0.1) is 12.7 Å². The largest absolute Gasteiger partial charge is 0.465 e. The fourth-order valence-corrected chi connectivity index (χ4v) is 3.07. The van der Waals surface area contributed by atoms with Crippen LogP contribution in [0.2, 0.25) is 0 Å². The molecule has 0 N–H and O–H groups in total. The molecule has 1 aromatic heterocycles. The Balaban J connectivity index is 1.78. The van der Waals surface area contributed by atoms with E-state index < -0.39 is 11.6 Å². The van der Waals surface area contributed by atoms with Crippen molar-refractivity contribution in [3.05, 3.63) is 23.8 Å². The van der Waals surface area contributed by atoms with Crippen molar-refractivity contribution in [1.82, 2.24) is 9.88 Å². The normalized spacial score (nSPS) is 17.9. The van der Waals surface area contributed by atoms with Crippen LogP contribution < -0.4 is 4.90 Å². The zero-order valence-electron chi connectivity index (χ0n) is 16.3. The summed E-state index contributed by atoms with van der Waals surface area (Å²) in [4.78, 5) is 32.4. The Kier molecular flexibility index (Phi) is 4.99. The number of carbonyl (C=O) groups excluding carboxylic acids is 2. The molecule has 1 aliphatic heterocycles. The summed E-state index contributed by atoms with van der Waals surface area (Å²) in [6.07, 6.45) is -0.320. The van der Waals surface area contributed by atoms with Crippen molar-refractivity contribution in [1.29, 1.82) is 0 Å². The Hall–Kier alpha value is -2.77. The first-order valence-electron chi connectivity index (χ1n) is 8.92. The molecule has 2 aromatic rings. The van der Waals surface area contributed by atoms with Crippen molar-refractivity contribution in [3.63, 3.8) is 0 Å². The maximum atomic E-state index is 12.3. The highest BCUT2D eigenvalue weighted by molar-refractivity contribution is 6.01. The van der Waals surface area contributed by atoms with E-state index in [1.165, 1.54) is 7.11 Å². The number of hydrogen-bond acceptors (Lipinski definition) is 7. The number of fused-ring (bicyclic) bond motifs is 1. The third kappa shape index (κ3) is 3.99. The zero-order valence-corrected chi connectivity index (χ0v) is 16.3. The highest BCUT2D eigenvalue weighted by Crippen LogP contribution is 2.28. The molecule has 8 nitrogen and oxygen atoms in total.